The van der Waals surface area contributed by atoms with Crippen LogP contribution in [0, 0.1) is 5.92 Å². The molecule has 198 valence electrons. The van der Waals surface area contributed by atoms with Crippen LogP contribution in [-0.2, 0) is 9.59 Å². The van der Waals surface area contributed by atoms with Gasteiger partial charge in [0, 0.05) is 30.1 Å². The third-order valence-corrected chi connectivity index (χ3v) is 6.59. The maximum absolute atomic E-state index is 12.5. The number of fused-ring (bicyclic) bond motifs is 1. The van der Waals surface area contributed by atoms with Crippen molar-refractivity contribution in [3.8, 4) is 5.75 Å². The third kappa shape index (κ3) is 7.32. The molecule has 0 atom stereocenters. The van der Waals surface area contributed by atoms with Crippen molar-refractivity contribution in [3.63, 3.8) is 0 Å². The van der Waals surface area contributed by atoms with Crippen molar-refractivity contribution < 1.29 is 29.0 Å². The molecule has 0 aromatic heterocycles. The molecule has 4 rings (SSSR count). The van der Waals surface area contributed by atoms with E-state index in [1.165, 1.54) is 0 Å². The summed E-state index contributed by atoms with van der Waals surface area (Å²) in [5.41, 5.74) is 1.05. The zero-order valence-electron chi connectivity index (χ0n) is 20.9. The molecular formula is C29H31N3O6. The van der Waals surface area contributed by atoms with E-state index >= 15 is 0 Å². The van der Waals surface area contributed by atoms with Crippen molar-refractivity contribution in [2.45, 2.75) is 31.8 Å². The minimum absolute atomic E-state index is 0.0376. The van der Waals surface area contributed by atoms with E-state index < -0.39 is 5.97 Å². The lowest BCUT2D eigenvalue weighted by molar-refractivity contribution is -0.138. The van der Waals surface area contributed by atoms with Gasteiger partial charge in [-0.2, -0.15) is 0 Å². The maximum Gasteiger partial charge on any atom is 0.322 e. The van der Waals surface area contributed by atoms with Crippen molar-refractivity contribution in [1.29, 1.82) is 0 Å². The first-order valence-corrected chi connectivity index (χ1v) is 12.7. The first kappa shape index (κ1) is 26.7. The molecule has 0 heterocycles. The largest absolute Gasteiger partial charge is 0.490 e. The second-order valence-electron chi connectivity index (χ2n) is 9.30. The summed E-state index contributed by atoms with van der Waals surface area (Å²) < 4.78 is 6.00. The predicted octanol–water partition coefficient (Wildman–Crippen LogP) is 3.14. The average Bonchev–Trinajstić information content (AvgIpc) is 2.94. The Morgan fingerprint density at radius 1 is 0.737 bits per heavy atom. The Hall–Kier alpha value is -4.40. The van der Waals surface area contributed by atoms with Crippen LogP contribution in [0.3, 0.4) is 0 Å². The second kappa shape index (κ2) is 12.7. The lowest BCUT2D eigenvalue weighted by Gasteiger charge is -2.28. The number of carbonyl (C=O) groups is 4. The Labute approximate surface area is 220 Å². The highest BCUT2D eigenvalue weighted by molar-refractivity contribution is 5.98. The number of carboxylic acid groups (broad SMARTS) is 1. The van der Waals surface area contributed by atoms with Crippen LogP contribution in [0.15, 0.2) is 66.7 Å². The molecule has 0 saturated heterocycles. The highest BCUT2D eigenvalue weighted by Crippen LogP contribution is 2.28. The summed E-state index contributed by atoms with van der Waals surface area (Å²) in [6, 6.07) is 20.2. The molecule has 0 bridgehead atoms. The molecule has 0 spiro atoms. The van der Waals surface area contributed by atoms with Crippen LogP contribution in [0.5, 0.6) is 5.75 Å². The van der Waals surface area contributed by atoms with Gasteiger partial charge in [0.2, 0.25) is 5.91 Å². The van der Waals surface area contributed by atoms with Gasteiger partial charge in [-0.3, -0.25) is 19.2 Å². The van der Waals surface area contributed by atoms with Gasteiger partial charge in [-0.1, -0.05) is 30.3 Å². The van der Waals surface area contributed by atoms with E-state index in [0.29, 0.717) is 55.6 Å². The highest BCUT2D eigenvalue weighted by Gasteiger charge is 2.27. The van der Waals surface area contributed by atoms with Crippen LogP contribution in [0.2, 0.25) is 0 Å². The Morgan fingerprint density at radius 3 is 2.00 bits per heavy atom. The number of carboxylic acids is 1. The van der Waals surface area contributed by atoms with Crippen molar-refractivity contribution in [2.75, 3.05) is 19.6 Å². The number of hydrogen-bond donors (Lipinski definition) is 4. The van der Waals surface area contributed by atoms with Crippen LogP contribution in [0.1, 0.15) is 46.4 Å². The molecule has 3 aromatic carbocycles. The van der Waals surface area contributed by atoms with E-state index in [1.54, 1.807) is 30.3 Å². The highest BCUT2D eigenvalue weighted by atomic mass is 16.5. The molecule has 38 heavy (non-hydrogen) atoms. The monoisotopic (exact) mass is 517 g/mol. The molecule has 1 saturated carbocycles. The summed E-state index contributed by atoms with van der Waals surface area (Å²) in [7, 11) is 0. The van der Waals surface area contributed by atoms with Gasteiger partial charge in [0.1, 0.15) is 12.3 Å². The van der Waals surface area contributed by atoms with Crippen LogP contribution >= 0.6 is 0 Å². The van der Waals surface area contributed by atoms with E-state index in [9.17, 15) is 19.2 Å². The summed E-state index contributed by atoms with van der Waals surface area (Å²) in [4.78, 5) is 47.5. The zero-order chi connectivity index (χ0) is 26.9. The fourth-order valence-electron chi connectivity index (χ4n) is 4.51. The number of amides is 3. The van der Waals surface area contributed by atoms with Gasteiger partial charge in [-0.15, -0.1) is 0 Å². The quantitative estimate of drug-likeness (QED) is 0.305. The van der Waals surface area contributed by atoms with E-state index in [1.807, 2.05) is 36.4 Å². The van der Waals surface area contributed by atoms with Crippen LogP contribution in [0.4, 0.5) is 0 Å². The fourth-order valence-corrected chi connectivity index (χ4v) is 4.51. The lowest BCUT2D eigenvalue weighted by atomic mass is 9.86. The van der Waals surface area contributed by atoms with Gasteiger partial charge in [0.15, 0.2) is 0 Å². The number of nitrogens with one attached hydrogen (secondary N) is 3. The summed E-state index contributed by atoms with van der Waals surface area (Å²) in [5, 5.41) is 18.8. The fraction of sp³-hybridized carbons (Fsp3) is 0.310. The Balaban J connectivity index is 1.16. The molecule has 3 amide bonds. The number of carbonyl (C=O) groups excluding carboxylic acids is 3. The number of hydrogen-bond acceptors (Lipinski definition) is 5. The first-order chi connectivity index (χ1) is 18.4. The normalized spacial score (nSPS) is 16.8. The zero-order valence-corrected chi connectivity index (χ0v) is 20.9. The van der Waals surface area contributed by atoms with Gasteiger partial charge in [0.05, 0.1) is 6.10 Å². The van der Waals surface area contributed by atoms with E-state index in [4.69, 9.17) is 9.84 Å². The maximum atomic E-state index is 12.5. The SMILES string of the molecule is O=C(O)CNC(=O)[C@H]1CC[C@@H](Oc2ccc(C(=O)NCCNC(=O)c3ccc4ccccc4c3)cc2)CC1. The van der Waals surface area contributed by atoms with Gasteiger partial charge >= 0.3 is 5.97 Å². The smallest absolute Gasteiger partial charge is 0.322 e. The topological polar surface area (TPSA) is 134 Å². The molecule has 0 unspecified atom stereocenters. The Morgan fingerprint density at radius 2 is 1.34 bits per heavy atom. The van der Waals surface area contributed by atoms with Crippen LogP contribution < -0.4 is 20.7 Å². The first-order valence-electron chi connectivity index (χ1n) is 12.7. The molecule has 1 fully saturated rings. The number of ether oxygens (including phenoxy) is 1. The summed E-state index contributed by atoms with van der Waals surface area (Å²) >= 11 is 0. The number of aliphatic carboxylic acids is 1. The molecule has 3 aromatic rings. The van der Waals surface area contributed by atoms with E-state index in [0.717, 1.165) is 10.8 Å². The van der Waals surface area contributed by atoms with E-state index in [2.05, 4.69) is 16.0 Å². The third-order valence-electron chi connectivity index (χ3n) is 6.59. The molecule has 4 N–H and O–H groups in total. The van der Waals surface area contributed by atoms with E-state index in [-0.39, 0.29) is 36.3 Å². The minimum atomic E-state index is -1.06. The second-order valence-corrected chi connectivity index (χ2v) is 9.30. The Bertz CT molecular complexity index is 1300. The Kier molecular flexibility index (Phi) is 8.92. The summed E-state index contributed by atoms with van der Waals surface area (Å²) in [5.74, 6) is -1.28. The summed E-state index contributed by atoms with van der Waals surface area (Å²) in [6.07, 6.45) is 2.61. The summed E-state index contributed by atoms with van der Waals surface area (Å²) in [6.45, 7) is 0.227. The van der Waals surface area contributed by atoms with Gasteiger partial charge in [-0.05, 0) is 72.9 Å². The van der Waals surface area contributed by atoms with Gasteiger partial charge in [0.25, 0.3) is 11.8 Å². The van der Waals surface area contributed by atoms with Crippen molar-refractivity contribution in [2.24, 2.45) is 5.92 Å². The van der Waals surface area contributed by atoms with Gasteiger partial charge < -0.3 is 25.8 Å². The van der Waals surface area contributed by atoms with Crippen molar-refractivity contribution in [3.05, 3.63) is 77.9 Å². The average molecular weight is 518 g/mol. The van der Waals surface area contributed by atoms with Crippen molar-refractivity contribution >= 4 is 34.5 Å². The molecule has 0 aliphatic heterocycles. The molecule has 1 aliphatic carbocycles. The van der Waals surface area contributed by atoms with Crippen LogP contribution in [0.25, 0.3) is 10.8 Å². The predicted molar refractivity (Wildman–Crippen MR) is 142 cm³/mol. The molecular weight excluding hydrogens is 486 g/mol. The van der Waals surface area contributed by atoms with Gasteiger partial charge in [-0.25, -0.2) is 0 Å². The van der Waals surface area contributed by atoms with Crippen LogP contribution in [-0.4, -0.2) is 54.5 Å². The molecule has 9 heteroatoms. The lowest BCUT2D eigenvalue weighted by Crippen LogP contribution is -2.37. The standard InChI is InChI=1S/C29H31N3O6/c33-26(34)18-32-28(36)21-9-13-25(14-10-21)38-24-11-7-20(8-12-24)27(35)30-15-16-31-29(37)23-6-5-19-3-1-2-4-22(19)17-23/h1-8,11-12,17,21,25H,9-10,13-16,18H2,(H,30,35)(H,31,37)(H,32,36)(H,33,34)/t21-,25+. The minimum Gasteiger partial charge on any atom is -0.490 e. The number of benzene rings is 3. The molecule has 9 nitrogen and oxygen atoms in total. The molecule has 1 aliphatic rings. The van der Waals surface area contributed by atoms with Crippen molar-refractivity contribution in [1.82, 2.24) is 16.0 Å². The molecule has 0 radical (unpaired) electrons. The number of rotatable bonds is 10.